The first kappa shape index (κ1) is 13.8. The third-order valence-corrected chi connectivity index (χ3v) is 3.30. The van der Waals surface area contributed by atoms with Gasteiger partial charge in [-0.15, -0.1) is 0 Å². The molecule has 0 saturated heterocycles. The molecule has 0 aliphatic rings. The summed E-state index contributed by atoms with van der Waals surface area (Å²) < 4.78 is 0. The zero-order valence-electron chi connectivity index (χ0n) is 11.8. The van der Waals surface area contributed by atoms with Gasteiger partial charge in [-0.05, 0) is 38.8 Å². The van der Waals surface area contributed by atoms with E-state index in [1.165, 1.54) is 11.1 Å². The summed E-state index contributed by atoms with van der Waals surface area (Å²) >= 11 is 0. The lowest BCUT2D eigenvalue weighted by Gasteiger charge is -2.13. The lowest BCUT2D eigenvalue weighted by atomic mass is 10.1. The van der Waals surface area contributed by atoms with Crippen molar-refractivity contribution in [1.29, 1.82) is 0 Å². The highest BCUT2D eigenvalue weighted by Crippen LogP contribution is 2.06. The molecule has 2 rings (SSSR count). The summed E-state index contributed by atoms with van der Waals surface area (Å²) in [6, 6.07) is 9.31. The largest absolute Gasteiger partial charge is 0.349 e. The van der Waals surface area contributed by atoms with Gasteiger partial charge in [0.2, 0.25) is 0 Å². The van der Waals surface area contributed by atoms with Crippen LogP contribution in [0.25, 0.3) is 0 Å². The fraction of sp³-hybridized carbons (Fsp3) is 0.438. The molecule has 0 amide bonds. The molecule has 1 unspecified atom stereocenters. The summed E-state index contributed by atoms with van der Waals surface area (Å²) in [5.74, 6) is 1.08. The summed E-state index contributed by atoms with van der Waals surface area (Å²) in [5, 5.41) is 3.57. The molecule has 1 aromatic carbocycles. The van der Waals surface area contributed by atoms with E-state index in [-0.39, 0.29) is 0 Å². The fourth-order valence-corrected chi connectivity index (χ4v) is 2.19. The molecular formula is C16H23N3. The predicted octanol–water partition coefficient (Wildman–Crippen LogP) is 2.87. The Morgan fingerprint density at radius 3 is 2.74 bits per heavy atom. The minimum atomic E-state index is 0.513. The number of rotatable bonds is 7. The molecule has 1 heterocycles. The Kier molecular flexibility index (Phi) is 5.16. The number of hydrogen-bond donors (Lipinski definition) is 2. The Bertz CT molecular complexity index is 459. The summed E-state index contributed by atoms with van der Waals surface area (Å²) in [7, 11) is 0. The van der Waals surface area contributed by atoms with Crippen LogP contribution in [0.4, 0.5) is 0 Å². The lowest BCUT2D eigenvalue weighted by molar-refractivity contribution is 0.531. The van der Waals surface area contributed by atoms with Crippen LogP contribution in [0.3, 0.4) is 0 Å². The van der Waals surface area contributed by atoms with Crippen molar-refractivity contribution in [1.82, 2.24) is 15.3 Å². The Morgan fingerprint density at radius 1 is 1.26 bits per heavy atom. The zero-order valence-corrected chi connectivity index (χ0v) is 11.8. The quantitative estimate of drug-likeness (QED) is 0.749. The fourth-order valence-electron chi connectivity index (χ4n) is 2.19. The Morgan fingerprint density at radius 2 is 2.05 bits per heavy atom. The van der Waals surface area contributed by atoms with Gasteiger partial charge in [0.15, 0.2) is 0 Å². The van der Waals surface area contributed by atoms with Crippen LogP contribution >= 0.6 is 0 Å². The van der Waals surface area contributed by atoms with E-state index in [0.29, 0.717) is 6.04 Å². The Balaban J connectivity index is 1.64. The smallest absolute Gasteiger partial charge is 0.106 e. The molecule has 0 bridgehead atoms. The van der Waals surface area contributed by atoms with Crippen molar-refractivity contribution in [2.75, 3.05) is 6.54 Å². The average Bonchev–Trinajstić information content (AvgIpc) is 2.91. The van der Waals surface area contributed by atoms with Crippen molar-refractivity contribution in [2.45, 2.75) is 39.2 Å². The molecule has 0 radical (unpaired) electrons. The number of H-pyrrole nitrogens is 1. The standard InChI is InChI=1S/C16H23N3/c1-13-5-7-15(8-6-13)12-14(2)17-9-3-4-16-18-10-11-19-16/h5-8,10-11,14,17H,3-4,9,12H2,1-2H3,(H,18,19). The van der Waals surface area contributed by atoms with Crippen LogP contribution < -0.4 is 5.32 Å². The van der Waals surface area contributed by atoms with Crippen molar-refractivity contribution < 1.29 is 0 Å². The number of aromatic nitrogens is 2. The Labute approximate surface area is 115 Å². The number of nitrogens with zero attached hydrogens (tertiary/aromatic N) is 1. The van der Waals surface area contributed by atoms with Crippen LogP contribution in [0.5, 0.6) is 0 Å². The Hall–Kier alpha value is -1.61. The van der Waals surface area contributed by atoms with Gasteiger partial charge in [-0.1, -0.05) is 29.8 Å². The minimum Gasteiger partial charge on any atom is -0.349 e. The van der Waals surface area contributed by atoms with E-state index < -0.39 is 0 Å². The molecule has 3 nitrogen and oxygen atoms in total. The molecule has 19 heavy (non-hydrogen) atoms. The summed E-state index contributed by atoms with van der Waals surface area (Å²) in [6.45, 7) is 5.40. The topological polar surface area (TPSA) is 40.7 Å². The van der Waals surface area contributed by atoms with E-state index in [2.05, 4.69) is 53.4 Å². The number of aryl methyl sites for hydroxylation is 2. The SMILES string of the molecule is Cc1ccc(CC(C)NCCCc2ncc[nH]2)cc1. The van der Waals surface area contributed by atoms with Crippen LogP contribution in [0.15, 0.2) is 36.7 Å². The van der Waals surface area contributed by atoms with Gasteiger partial charge in [0.25, 0.3) is 0 Å². The molecule has 1 aromatic heterocycles. The summed E-state index contributed by atoms with van der Waals surface area (Å²) in [6.07, 6.45) is 6.90. The van der Waals surface area contributed by atoms with Crippen molar-refractivity contribution in [3.63, 3.8) is 0 Å². The highest BCUT2D eigenvalue weighted by atomic mass is 14.9. The second-order valence-corrected chi connectivity index (χ2v) is 5.18. The first-order valence-electron chi connectivity index (χ1n) is 7.01. The normalized spacial score (nSPS) is 12.5. The van der Waals surface area contributed by atoms with Gasteiger partial charge in [-0.2, -0.15) is 0 Å². The molecule has 0 fully saturated rings. The van der Waals surface area contributed by atoms with Crippen molar-refractivity contribution in [3.05, 3.63) is 53.6 Å². The number of imidazole rings is 1. The van der Waals surface area contributed by atoms with E-state index in [1.54, 1.807) is 0 Å². The third kappa shape index (κ3) is 4.87. The molecule has 0 saturated carbocycles. The van der Waals surface area contributed by atoms with E-state index in [0.717, 1.165) is 31.6 Å². The molecule has 1 atom stereocenters. The van der Waals surface area contributed by atoms with Crippen LogP contribution in [-0.2, 0) is 12.8 Å². The van der Waals surface area contributed by atoms with Crippen LogP contribution in [0.2, 0.25) is 0 Å². The first-order valence-corrected chi connectivity index (χ1v) is 7.01. The van der Waals surface area contributed by atoms with Crippen molar-refractivity contribution in [2.24, 2.45) is 0 Å². The highest BCUT2D eigenvalue weighted by Gasteiger charge is 2.03. The van der Waals surface area contributed by atoms with Gasteiger partial charge in [0.05, 0.1) is 0 Å². The summed E-state index contributed by atoms with van der Waals surface area (Å²) in [5.41, 5.74) is 2.72. The van der Waals surface area contributed by atoms with Gasteiger partial charge in [-0.25, -0.2) is 4.98 Å². The molecule has 0 aliphatic carbocycles. The van der Waals surface area contributed by atoms with Crippen molar-refractivity contribution >= 4 is 0 Å². The monoisotopic (exact) mass is 257 g/mol. The average molecular weight is 257 g/mol. The maximum Gasteiger partial charge on any atom is 0.106 e. The number of aromatic amines is 1. The summed E-state index contributed by atoms with van der Waals surface area (Å²) in [4.78, 5) is 7.36. The van der Waals surface area contributed by atoms with Crippen molar-refractivity contribution in [3.8, 4) is 0 Å². The van der Waals surface area contributed by atoms with Crippen LogP contribution in [-0.4, -0.2) is 22.6 Å². The second-order valence-electron chi connectivity index (χ2n) is 5.18. The van der Waals surface area contributed by atoms with Gasteiger partial charge in [0.1, 0.15) is 5.82 Å². The van der Waals surface area contributed by atoms with E-state index in [4.69, 9.17) is 0 Å². The molecule has 102 valence electrons. The minimum absolute atomic E-state index is 0.513. The van der Waals surface area contributed by atoms with E-state index in [1.807, 2.05) is 12.4 Å². The van der Waals surface area contributed by atoms with Gasteiger partial charge >= 0.3 is 0 Å². The molecular weight excluding hydrogens is 234 g/mol. The number of nitrogens with one attached hydrogen (secondary N) is 2. The van der Waals surface area contributed by atoms with Gasteiger partial charge in [-0.3, -0.25) is 0 Å². The molecule has 0 aliphatic heterocycles. The van der Waals surface area contributed by atoms with Gasteiger partial charge in [0, 0.05) is 24.9 Å². The molecule has 3 heteroatoms. The molecule has 2 aromatic rings. The van der Waals surface area contributed by atoms with Gasteiger partial charge < -0.3 is 10.3 Å². The highest BCUT2D eigenvalue weighted by molar-refractivity contribution is 5.21. The van der Waals surface area contributed by atoms with Crippen LogP contribution in [0.1, 0.15) is 30.3 Å². The molecule has 0 spiro atoms. The van der Waals surface area contributed by atoms with Crippen LogP contribution in [0, 0.1) is 6.92 Å². The maximum atomic E-state index is 4.23. The number of hydrogen-bond acceptors (Lipinski definition) is 2. The maximum absolute atomic E-state index is 4.23. The zero-order chi connectivity index (χ0) is 13.5. The third-order valence-electron chi connectivity index (χ3n) is 3.30. The molecule has 2 N–H and O–H groups in total. The first-order chi connectivity index (χ1) is 9.24. The van der Waals surface area contributed by atoms with E-state index >= 15 is 0 Å². The second kappa shape index (κ2) is 7.10. The predicted molar refractivity (Wildman–Crippen MR) is 79.3 cm³/mol. The lowest BCUT2D eigenvalue weighted by Crippen LogP contribution is -2.29. The van der Waals surface area contributed by atoms with E-state index in [9.17, 15) is 0 Å². The number of benzene rings is 1.